The fraction of sp³-hybridized carbons (Fsp3) is 0.200. The Morgan fingerprint density at radius 2 is 2.21 bits per heavy atom. The van der Waals surface area contributed by atoms with Crippen LogP contribution in [0.5, 0.6) is 0 Å². The molecule has 0 radical (unpaired) electrons. The standard InChI is InChI=1S/C10H12N4O3S2/c1-6-3-4-18-8(6)10(15)12-9-7(19(11,16)17)5-14(2)13-9/h3-5H,1-2H3,(H2,11,16,17)(H,12,13,15). The van der Waals surface area contributed by atoms with Gasteiger partial charge in [0.25, 0.3) is 5.91 Å². The van der Waals surface area contributed by atoms with Gasteiger partial charge in [-0.2, -0.15) is 5.10 Å². The zero-order valence-electron chi connectivity index (χ0n) is 10.2. The van der Waals surface area contributed by atoms with E-state index in [0.717, 1.165) is 5.56 Å². The number of nitrogens with one attached hydrogen (secondary N) is 1. The molecule has 0 aliphatic rings. The van der Waals surface area contributed by atoms with Crippen LogP contribution in [-0.4, -0.2) is 24.1 Å². The first kappa shape index (κ1) is 13.7. The zero-order valence-corrected chi connectivity index (χ0v) is 11.9. The van der Waals surface area contributed by atoms with Gasteiger partial charge in [-0.25, -0.2) is 13.6 Å². The molecule has 0 bridgehead atoms. The maximum atomic E-state index is 12.0. The highest BCUT2D eigenvalue weighted by atomic mass is 32.2. The lowest BCUT2D eigenvalue weighted by Gasteiger charge is -2.03. The number of nitrogens with two attached hydrogens (primary N) is 1. The minimum absolute atomic E-state index is 0.0669. The second kappa shape index (κ2) is 4.76. The Bertz CT molecular complexity index is 730. The Morgan fingerprint density at radius 3 is 2.74 bits per heavy atom. The van der Waals surface area contributed by atoms with E-state index in [1.165, 1.54) is 22.2 Å². The van der Waals surface area contributed by atoms with Crippen molar-refractivity contribution < 1.29 is 13.2 Å². The largest absolute Gasteiger partial charge is 0.303 e. The Kier molecular flexibility index (Phi) is 3.43. The quantitative estimate of drug-likeness (QED) is 0.869. The van der Waals surface area contributed by atoms with Gasteiger partial charge in [0.2, 0.25) is 10.0 Å². The molecule has 0 saturated heterocycles. The second-order valence-electron chi connectivity index (χ2n) is 3.95. The minimum atomic E-state index is -3.93. The van der Waals surface area contributed by atoms with Gasteiger partial charge in [0.15, 0.2) is 5.82 Å². The number of sulfonamides is 1. The van der Waals surface area contributed by atoms with Crippen LogP contribution in [0.4, 0.5) is 5.82 Å². The summed E-state index contributed by atoms with van der Waals surface area (Å²) in [5, 5.41) is 13.2. The predicted octanol–water partition coefficient (Wildman–Crippen LogP) is 0.690. The lowest BCUT2D eigenvalue weighted by molar-refractivity contribution is 0.102. The van der Waals surface area contributed by atoms with E-state index < -0.39 is 15.9 Å². The van der Waals surface area contributed by atoms with Crippen molar-refractivity contribution in [2.24, 2.45) is 12.2 Å². The number of anilines is 1. The number of thiophene rings is 1. The third-order valence-electron chi connectivity index (χ3n) is 2.40. The summed E-state index contributed by atoms with van der Waals surface area (Å²) in [4.78, 5) is 12.3. The van der Waals surface area contributed by atoms with Crippen molar-refractivity contribution in [2.75, 3.05) is 5.32 Å². The average molecular weight is 300 g/mol. The molecule has 2 rings (SSSR count). The van der Waals surface area contributed by atoms with Crippen LogP contribution in [0.15, 0.2) is 22.5 Å². The molecule has 9 heteroatoms. The molecule has 1 amide bonds. The molecule has 19 heavy (non-hydrogen) atoms. The van der Waals surface area contributed by atoms with Gasteiger partial charge in [-0.1, -0.05) is 0 Å². The fourth-order valence-corrected chi connectivity index (χ4v) is 3.01. The van der Waals surface area contributed by atoms with Gasteiger partial charge in [0.1, 0.15) is 4.90 Å². The number of hydrogen-bond acceptors (Lipinski definition) is 5. The maximum Gasteiger partial charge on any atom is 0.267 e. The van der Waals surface area contributed by atoms with E-state index in [2.05, 4.69) is 10.4 Å². The molecule has 0 spiro atoms. The van der Waals surface area contributed by atoms with E-state index in [9.17, 15) is 13.2 Å². The maximum absolute atomic E-state index is 12.0. The molecule has 0 aliphatic carbocycles. The number of aryl methyl sites for hydroxylation is 2. The van der Waals surface area contributed by atoms with Crippen molar-refractivity contribution in [1.29, 1.82) is 0 Å². The summed E-state index contributed by atoms with van der Waals surface area (Å²) in [6.07, 6.45) is 1.24. The number of aromatic nitrogens is 2. The van der Waals surface area contributed by atoms with Crippen LogP contribution in [0.1, 0.15) is 15.2 Å². The van der Waals surface area contributed by atoms with Gasteiger partial charge < -0.3 is 5.32 Å². The molecule has 0 atom stereocenters. The number of hydrogen-bond donors (Lipinski definition) is 2. The third-order valence-corrected chi connectivity index (χ3v) is 4.33. The minimum Gasteiger partial charge on any atom is -0.303 e. The SMILES string of the molecule is Cc1ccsc1C(=O)Nc1nn(C)cc1S(N)(=O)=O. The van der Waals surface area contributed by atoms with E-state index in [1.54, 1.807) is 25.4 Å². The van der Waals surface area contributed by atoms with Gasteiger partial charge in [0, 0.05) is 13.2 Å². The molecule has 2 aromatic heterocycles. The van der Waals surface area contributed by atoms with Crippen LogP contribution in [0.2, 0.25) is 0 Å². The van der Waals surface area contributed by atoms with E-state index in [0.29, 0.717) is 4.88 Å². The normalized spacial score (nSPS) is 11.5. The topological polar surface area (TPSA) is 107 Å². The highest BCUT2D eigenvalue weighted by Crippen LogP contribution is 2.21. The monoisotopic (exact) mass is 300 g/mol. The Balaban J connectivity index is 2.35. The zero-order chi connectivity index (χ0) is 14.2. The van der Waals surface area contributed by atoms with E-state index in [1.807, 2.05) is 0 Å². The third kappa shape index (κ3) is 2.83. The van der Waals surface area contributed by atoms with Crippen molar-refractivity contribution in [2.45, 2.75) is 11.8 Å². The number of primary sulfonamides is 1. The Labute approximate surface area is 114 Å². The number of amides is 1. The average Bonchev–Trinajstić information content (AvgIpc) is 2.84. The fourth-order valence-electron chi connectivity index (χ4n) is 1.53. The summed E-state index contributed by atoms with van der Waals surface area (Å²) in [7, 11) is -2.39. The van der Waals surface area contributed by atoms with Crippen LogP contribution in [0, 0.1) is 6.92 Å². The summed E-state index contributed by atoms with van der Waals surface area (Å²) in [5.41, 5.74) is 0.815. The van der Waals surface area contributed by atoms with Gasteiger partial charge in [0.05, 0.1) is 4.88 Å². The van der Waals surface area contributed by atoms with Crippen LogP contribution in [-0.2, 0) is 17.1 Å². The summed E-state index contributed by atoms with van der Waals surface area (Å²) in [6.45, 7) is 1.80. The summed E-state index contributed by atoms with van der Waals surface area (Å²) in [6, 6.07) is 1.80. The van der Waals surface area contributed by atoms with Crippen LogP contribution in [0.25, 0.3) is 0 Å². The molecule has 0 aliphatic heterocycles. The number of nitrogens with zero attached hydrogens (tertiary/aromatic N) is 2. The molecule has 7 nitrogen and oxygen atoms in total. The molecule has 0 unspecified atom stereocenters. The van der Waals surface area contributed by atoms with Crippen molar-refractivity contribution in [1.82, 2.24) is 9.78 Å². The first-order valence-electron chi connectivity index (χ1n) is 5.21. The van der Waals surface area contributed by atoms with Crippen LogP contribution < -0.4 is 10.5 Å². The van der Waals surface area contributed by atoms with Crippen molar-refractivity contribution in [3.63, 3.8) is 0 Å². The molecule has 0 saturated carbocycles. The van der Waals surface area contributed by atoms with Crippen molar-refractivity contribution in [3.05, 3.63) is 28.1 Å². The molecule has 3 N–H and O–H groups in total. The lowest BCUT2D eigenvalue weighted by Crippen LogP contribution is -2.17. The predicted molar refractivity (Wildman–Crippen MR) is 71.6 cm³/mol. The summed E-state index contributed by atoms with van der Waals surface area (Å²) in [5.74, 6) is -0.473. The summed E-state index contributed by atoms with van der Waals surface area (Å²) >= 11 is 1.27. The van der Waals surface area contributed by atoms with Gasteiger partial charge >= 0.3 is 0 Å². The molecule has 2 heterocycles. The van der Waals surface area contributed by atoms with E-state index in [4.69, 9.17) is 5.14 Å². The number of carbonyl (C=O) groups is 1. The molecular weight excluding hydrogens is 288 g/mol. The summed E-state index contributed by atoms with van der Waals surface area (Å²) < 4.78 is 24.0. The number of rotatable bonds is 3. The molecule has 2 aromatic rings. The second-order valence-corrected chi connectivity index (χ2v) is 6.39. The molecule has 102 valence electrons. The van der Waals surface area contributed by atoms with Gasteiger partial charge in [-0.15, -0.1) is 11.3 Å². The van der Waals surface area contributed by atoms with Gasteiger partial charge in [-0.3, -0.25) is 9.48 Å². The van der Waals surface area contributed by atoms with Gasteiger partial charge in [-0.05, 0) is 23.9 Å². The highest BCUT2D eigenvalue weighted by Gasteiger charge is 2.21. The molecular formula is C10H12N4O3S2. The van der Waals surface area contributed by atoms with Crippen LogP contribution in [0.3, 0.4) is 0 Å². The Hall–Kier alpha value is -1.71. The molecule has 0 fully saturated rings. The van der Waals surface area contributed by atoms with Crippen LogP contribution >= 0.6 is 11.3 Å². The lowest BCUT2D eigenvalue weighted by atomic mass is 10.3. The first-order valence-corrected chi connectivity index (χ1v) is 7.63. The van der Waals surface area contributed by atoms with Crippen molar-refractivity contribution >= 4 is 33.1 Å². The smallest absolute Gasteiger partial charge is 0.267 e. The van der Waals surface area contributed by atoms with E-state index in [-0.39, 0.29) is 10.7 Å². The first-order chi connectivity index (χ1) is 8.79. The highest BCUT2D eigenvalue weighted by molar-refractivity contribution is 7.89. The number of carbonyl (C=O) groups excluding carboxylic acids is 1. The van der Waals surface area contributed by atoms with Crippen molar-refractivity contribution in [3.8, 4) is 0 Å². The van der Waals surface area contributed by atoms with E-state index >= 15 is 0 Å². The molecule has 0 aromatic carbocycles. The Morgan fingerprint density at radius 1 is 1.53 bits per heavy atom.